The summed E-state index contributed by atoms with van der Waals surface area (Å²) in [6, 6.07) is 7.44. The van der Waals surface area contributed by atoms with E-state index in [0.29, 0.717) is 6.42 Å². The van der Waals surface area contributed by atoms with Gasteiger partial charge < -0.3 is 20.5 Å². The molecule has 0 aliphatic carbocycles. The molecule has 1 aliphatic heterocycles. The Hall–Kier alpha value is -1.59. The second kappa shape index (κ2) is 7.43. The minimum atomic E-state index is -0.817. The Balaban J connectivity index is 1.95. The van der Waals surface area contributed by atoms with Gasteiger partial charge in [0.2, 0.25) is 0 Å². The zero-order valence-electron chi connectivity index (χ0n) is 12.5. The lowest BCUT2D eigenvalue weighted by atomic mass is 10.0. The van der Waals surface area contributed by atoms with E-state index in [2.05, 4.69) is 11.9 Å². The number of ether oxygens (including phenoxy) is 1. The monoisotopic (exact) mass is 292 g/mol. The van der Waals surface area contributed by atoms with Crippen LogP contribution in [0.2, 0.25) is 0 Å². The molecule has 1 saturated heterocycles. The van der Waals surface area contributed by atoms with Crippen molar-refractivity contribution >= 4 is 5.97 Å². The van der Waals surface area contributed by atoms with E-state index in [0.717, 1.165) is 37.2 Å². The third kappa shape index (κ3) is 5.02. The van der Waals surface area contributed by atoms with Gasteiger partial charge in [-0.15, -0.1) is 0 Å². The van der Waals surface area contributed by atoms with E-state index in [9.17, 15) is 4.79 Å². The maximum Gasteiger partial charge on any atom is 0.303 e. The van der Waals surface area contributed by atoms with Crippen LogP contribution in [0.4, 0.5) is 0 Å². The fraction of sp³-hybridized carbons (Fsp3) is 0.562. The summed E-state index contributed by atoms with van der Waals surface area (Å²) in [5, 5.41) is 8.72. The van der Waals surface area contributed by atoms with Gasteiger partial charge in [-0.05, 0) is 50.6 Å². The third-order valence-corrected chi connectivity index (χ3v) is 3.84. The topological polar surface area (TPSA) is 75.8 Å². The Labute approximate surface area is 125 Å². The Bertz CT molecular complexity index is 478. The standard InChI is InChI=1S/C16H24N2O3/c1-18-9-3-6-14(11-18)21-13-5-2-4-12(10-13)15(17)7-8-16(19)20/h2,4-5,10,14-15H,3,6-9,11,17H2,1H3,(H,19,20). The Morgan fingerprint density at radius 2 is 2.38 bits per heavy atom. The van der Waals surface area contributed by atoms with Crippen LogP contribution in [0.5, 0.6) is 5.75 Å². The minimum absolute atomic E-state index is 0.0830. The number of benzene rings is 1. The summed E-state index contributed by atoms with van der Waals surface area (Å²) in [7, 11) is 2.10. The molecule has 0 saturated carbocycles. The molecule has 2 atom stereocenters. The number of carbonyl (C=O) groups is 1. The first kappa shape index (κ1) is 15.8. The highest BCUT2D eigenvalue weighted by Crippen LogP contribution is 2.23. The molecule has 0 amide bonds. The predicted octanol–water partition coefficient (Wildman–Crippen LogP) is 2.02. The van der Waals surface area contributed by atoms with Gasteiger partial charge in [0.1, 0.15) is 11.9 Å². The second-order valence-corrected chi connectivity index (χ2v) is 5.76. The van der Waals surface area contributed by atoms with E-state index in [4.69, 9.17) is 15.6 Å². The number of carboxylic acids is 1. The lowest BCUT2D eigenvalue weighted by molar-refractivity contribution is -0.137. The second-order valence-electron chi connectivity index (χ2n) is 5.76. The number of nitrogens with two attached hydrogens (primary N) is 1. The molecule has 3 N–H and O–H groups in total. The number of rotatable bonds is 6. The fourth-order valence-electron chi connectivity index (χ4n) is 2.67. The van der Waals surface area contributed by atoms with Gasteiger partial charge in [0.15, 0.2) is 0 Å². The van der Waals surface area contributed by atoms with Gasteiger partial charge in [-0.1, -0.05) is 12.1 Å². The van der Waals surface area contributed by atoms with Crippen molar-refractivity contribution in [1.82, 2.24) is 4.90 Å². The summed E-state index contributed by atoms with van der Waals surface area (Å²) in [6.45, 7) is 2.06. The highest BCUT2D eigenvalue weighted by atomic mass is 16.5. The lowest BCUT2D eigenvalue weighted by Gasteiger charge is -2.30. The number of likely N-dealkylation sites (tertiary alicyclic amines) is 1. The van der Waals surface area contributed by atoms with Crippen LogP contribution in [0.3, 0.4) is 0 Å². The summed E-state index contributed by atoms with van der Waals surface area (Å²) in [5.41, 5.74) is 6.97. The minimum Gasteiger partial charge on any atom is -0.489 e. The highest BCUT2D eigenvalue weighted by molar-refractivity contribution is 5.66. The molecular weight excluding hydrogens is 268 g/mol. The molecule has 2 unspecified atom stereocenters. The van der Waals surface area contributed by atoms with Gasteiger partial charge in [0.25, 0.3) is 0 Å². The zero-order chi connectivity index (χ0) is 15.2. The molecule has 0 bridgehead atoms. The summed E-state index contributed by atoms with van der Waals surface area (Å²) < 4.78 is 6.03. The quantitative estimate of drug-likeness (QED) is 0.839. The van der Waals surface area contributed by atoms with Crippen LogP contribution in [-0.2, 0) is 4.79 Å². The molecular formula is C16H24N2O3. The van der Waals surface area contributed by atoms with Gasteiger partial charge in [-0.2, -0.15) is 0 Å². The zero-order valence-corrected chi connectivity index (χ0v) is 12.5. The van der Waals surface area contributed by atoms with Gasteiger partial charge in [-0.25, -0.2) is 0 Å². The highest BCUT2D eigenvalue weighted by Gasteiger charge is 2.19. The molecule has 1 fully saturated rings. The summed E-state index contributed by atoms with van der Waals surface area (Å²) in [4.78, 5) is 12.9. The number of nitrogens with zero attached hydrogens (tertiary/aromatic N) is 1. The van der Waals surface area contributed by atoms with E-state index in [1.54, 1.807) is 0 Å². The largest absolute Gasteiger partial charge is 0.489 e. The molecule has 1 aliphatic rings. The van der Waals surface area contributed by atoms with Crippen LogP contribution in [0.1, 0.15) is 37.3 Å². The molecule has 0 radical (unpaired) electrons. The summed E-state index contributed by atoms with van der Waals surface area (Å²) in [6.07, 6.45) is 2.96. The van der Waals surface area contributed by atoms with Crippen molar-refractivity contribution in [3.05, 3.63) is 29.8 Å². The molecule has 5 nitrogen and oxygen atoms in total. The van der Waals surface area contributed by atoms with Crippen molar-refractivity contribution in [1.29, 1.82) is 0 Å². The molecule has 0 aromatic heterocycles. The first-order valence-electron chi connectivity index (χ1n) is 7.47. The molecule has 1 aromatic carbocycles. The Morgan fingerprint density at radius 3 is 3.10 bits per heavy atom. The predicted molar refractivity (Wildman–Crippen MR) is 81.4 cm³/mol. The van der Waals surface area contributed by atoms with Crippen molar-refractivity contribution in [3.63, 3.8) is 0 Å². The van der Waals surface area contributed by atoms with E-state index >= 15 is 0 Å². The molecule has 0 spiro atoms. The molecule has 116 valence electrons. The van der Waals surface area contributed by atoms with Crippen molar-refractivity contribution in [2.75, 3.05) is 20.1 Å². The number of aliphatic carboxylic acids is 1. The van der Waals surface area contributed by atoms with Crippen molar-refractivity contribution in [2.45, 2.75) is 37.8 Å². The van der Waals surface area contributed by atoms with Crippen LogP contribution < -0.4 is 10.5 Å². The van der Waals surface area contributed by atoms with Gasteiger partial charge >= 0.3 is 5.97 Å². The number of hydrogen-bond donors (Lipinski definition) is 2. The van der Waals surface area contributed by atoms with Gasteiger partial charge in [0, 0.05) is 19.0 Å². The summed E-state index contributed by atoms with van der Waals surface area (Å²) in [5.74, 6) is 0.00155. The van der Waals surface area contributed by atoms with Crippen molar-refractivity contribution in [2.24, 2.45) is 5.73 Å². The molecule has 5 heteroatoms. The Morgan fingerprint density at radius 1 is 1.57 bits per heavy atom. The smallest absolute Gasteiger partial charge is 0.303 e. The van der Waals surface area contributed by atoms with Crippen LogP contribution >= 0.6 is 0 Å². The van der Waals surface area contributed by atoms with E-state index in [-0.39, 0.29) is 18.6 Å². The van der Waals surface area contributed by atoms with Crippen LogP contribution in [-0.4, -0.2) is 42.2 Å². The van der Waals surface area contributed by atoms with E-state index in [1.165, 1.54) is 0 Å². The molecule has 2 rings (SSSR count). The van der Waals surface area contributed by atoms with Crippen LogP contribution in [0, 0.1) is 0 Å². The van der Waals surface area contributed by atoms with Gasteiger partial charge in [0.05, 0.1) is 0 Å². The van der Waals surface area contributed by atoms with Crippen LogP contribution in [0.25, 0.3) is 0 Å². The Kier molecular flexibility index (Phi) is 5.59. The average molecular weight is 292 g/mol. The van der Waals surface area contributed by atoms with Crippen molar-refractivity contribution in [3.8, 4) is 5.75 Å². The number of hydrogen-bond acceptors (Lipinski definition) is 4. The third-order valence-electron chi connectivity index (χ3n) is 3.84. The first-order valence-corrected chi connectivity index (χ1v) is 7.47. The van der Waals surface area contributed by atoms with Crippen LogP contribution in [0.15, 0.2) is 24.3 Å². The first-order chi connectivity index (χ1) is 10.0. The number of piperidine rings is 1. The maximum absolute atomic E-state index is 10.6. The maximum atomic E-state index is 10.6. The average Bonchev–Trinajstić information content (AvgIpc) is 2.45. The number of likely N-dealkylation sites (N-methyl/N-ethyl adjacent to an activating group) is 1. The number of carboxylic acid groups (broad SMARTS) is 1. The summed E-state index contributed by atoms with van der Waals surface area (Å²) >= 11 is 0. The normalized spacial score (nSPS) is 21.0. The molecule has 21 heavy (non-hydrogen) atoms. The fourth-order valence-corrected chi connectivity index (χ4v) is 2.67. The van der Waals surface area contributed by atoms with E-state index < -0.39 is 5.97 Å². The SMILES string of the molecule is CN1CCCC(Oc2cccc(C(N)CCC(=O)O)c2)C1. The van der Waals surface area contributed by atoms with E-state index in [1.807, 2.05) is 24.3 Å². The molecule has 1 aromatic rings. The van der Waals surface area contributed by atoms with Gasteiger partial charge in [-0.3, -0.25) is 4.79 Å². The lowest BCUT2D eigenvalue weighted by Crippen LogP contribution is -2.38. The molecule has 1 heterocycles. The van der Waals surface area contributed by atoms with Crippen molar-refractivity contribution < 1.29 is 14.6 Å².